The van der Waals surface area contributed by atoms with Gasteiger partial charge in [0.05, 0.1) is 0 Å². The van der Waals surface area contributed by atoms with E-state index in [4.69, 9.17) is 34.8 Å². The van der Waals surface area contributed by atoms with Crippen molar-refractivity contribution in [3.8, 4) is 11.1 Å². The predicted molar refractivity (Wildman–Crippen MR) is 76.4 cm³/mol. The van der Waals surface area contributed by atoms with Crippen LogP contribution in [0.5, 0.6) is 0 Å². The van der Waals surface area contributed by atoms with Crippen molar-refractivity contribution in [2.45, 2.75) is 3.79 Å². The highest BCUT2D eigenvalue weighted by atomic mass is 35.6. The molecule has 0 aromatic heterocycles. The van der Waals surface area contributed by atoms with Crippen molar-refractivity contribution in [1.82, 2.24) is 0 Å². The van der Waals surface area contributed by atoms with Gasteiger partial charge in [0.15, 0.2) is 0 Å². The van der Waals surface area contributed by atoms with E-state index in [1.807, 2.05) is 0 Å². The maximum Gasteiger partial charge on any atom is 0.253 e. The van der Waals surface area contributed by atoms with Crippen LogP contribution in [0.25, 0.3) is 11.1 Å². The molecule has 2 rings (SSSR count). The standard InChI is InChI=1S/C14H7Cl3F2O/c15-14(16,17)13(20)10-4-2-1-3-9(10)11-7-8(18)5-6-12(11)19/h1-7H. The Morgan fingerprint density at radius 2 is 1.60 bits per heavy atom. The number of ketones is 1. The minimum Gasteiger partial charge on any atom is -0.289 e. The van der Waals surface area contributed by atoms with Gasteiger partial charge in [0.1, 0.15) is 11.6 Å². The quantitative estimate of drug-likeness (QED) is 0.545. The number of carbonyl (C=O) groups is 1. The monoisotopic (exact) mass is 334 g/mol. The second-order valence-corrected chi connectivity index (χ2v) is 6.28. The molecular weight excluding hydrogens is 329 g/mol. The molecule has 0 saturated carbocycles. The zero-order valence-corrected chi connectivity index (χ0v) is 12.1. The van der Waals surface area contributed by atoms with Crippen molar-refractivity contribution in [1.29, 1.82) is 0 Å². The smallest absolute Gasteiger partial charge is 0.253 e. The lowest BCUT2D eigenvalue weighted by molar-refractivity contribution is 0.0997. The van der Waals surface area contributed by atoms with Gasteiger partial charge >= 0.3 is 0 Å². The number of rotatable bonds is 2. The molecule has 2 aromatic rings. The number of benzene rings is 2. The van der Waals surface area contributed by atoms with Gasteiger partial charge in [0.2, 0.25) is 5.78 Å². The van der Waals surface area contributed by atoms with Crippen LogP contribution in [-0.2, 0) is 0 Å². The molecule has 0 spiro atoms. The molecule has 0 amide bonds. The van der Waals surface area contributed by atoms with Crippen LogP contribution < -0.4 is 0 Å². The van der Waals surface area contributed by atoms with Crippen LogP contribution in [0.1, 0.15) is 10.4 Å². The highest BCUT2D eigenvalue weighted by Gasteiger charge is 2.33. The minimum atomic E-state index is -2.17. The molecule has 0 aliphatic rings. The summed E-state index contributed by atoms with van der Waals surface area (Å²) in [7, 11) is 0. The number of halogens is 5. The van der Waals surface area contributed by atoms with Gasteiger partial charge in [0, 0.05) is 11.1 Å². The molecule has 6 heteroatoms. The van der Waals surface area contributed by atoms with Crippen molar-refractivity contribution in [2.75, 3.05) is 0 Å². The summed E-state index contributed by atoms with van der Waals surface area (Å²) < 4.78 is 24.9. The van der Waals surface area contributed by atoms with Crippen LogP contribution in [0.4, 0.5) is 8.78 Å². The molecule has 1 nitrogen and oxygen atoms in total. The first-order valence-electron chi connectivity index (χ1n) is 5.46. The Balaban J connectivity index is 2.64. The number of Topliss-reactive ketones (excluding diaryl/α,β-unsaturated/α-hetero) is 1. The molecule has 2 aromatic carbocycles. The molecule has 0 radical (unpaired) electrons. The fraction of sp³-hybridized carbons (Fsp3) is 0.0714. The Labute approximate surface area is 129 Å². The SMILES string of the molecule is O=C(c1ccccc1-c1cc(F)ccc1F)C(Cl)(Cl)Cl. The second kappa shape index (κ2) is 5.68. The molecule has 20 heavy (non-hydrogen) atoms. The topological polar surface area (TPSA) is 17.1 Å². The van der Waals surface area contributed by atoms with E-state index >= 15 is 0 Å². The summed E-state index contributed by atoms with van der Waals surface area (Å²) in [5.41, 5.74) is 0.112. The largest absolute Gasteiger partial charge is 0.289 e. The van der Waals surface area contributed by atoms with Crippen molar-refractivity contribution in [3.63, 3.8) is 0 Å². The number of hydrogen-bond acceptors (Lipinski definition) is 1. The molecule has 104 valence electrons. The second-order valence-electron chi connectivity index (χ2n) is 4.00. The van der Waals surface area contributed by atoms with Gasteiger partial charge in [-0.05, 0) is 23.8 Å². The Hall–Kier alpha value is -1.16. The lowest BCUT2D eigenvalue weighted by Crippen LogP contribution is -2.19. The van der Waals surface area contributed by atoms with Crippen molar-refractivity contribution >= 4 is 40.6 Å². The predicted octanol–water partition coefficient (Wildman–Crippen LogP) is 5.18. The van der Waals surface area contributed by atoms with Gasteiger partial charge < -0.3 is 0 Å². The Bertz CT molecular complexity index is 666. The van der Waals surface area contributed by atoms with E-state index in [2.05, 4.69) is 0 Å². The molecule has 0 aliphatic carbocycles. The summed E-state index contributed by atoms with van der Waals surface area (Å²) in [4.78, 5) is 12.0. The van der Waals surface area contributed by atoms with Crippen LogP contribution in [0.2, 0.25) is 0 Å². The molecule has 0 bridgehead atoms. The lowest BCUT2D eigenvalue weighted by Gasteiger charge is -2.14. The average molecular weight is 336 g/mol. The Kier molecular flexibility index (Phi) is 4.33. The molecule has 0 N–H and O–H groups in total. The lowest BCUT2D eigenvalue weighted by atomic mass is 9.97. The fourth-order valence-electron chi connectivity index (χ4n) is 1.77. The molecule has 0 fully saturated rings. The highest BCUT2D eigenvalue weighted by molar-refractivity contribution is 6.77. The van der Waals surface area contributed by atoms with E-state index in [9.17, 15) is 13.6 Å². The van der Waals surface area contributed by atoms with Gasteiger partial charge in [-0.3, -0.25) is 4.79 Å². The van der Waals surface area contributed by atoms with Gasteiger partial charge in [-0.1, -0.05) is 59.1 Å². The zero-order chi connectivity index (χ0) is 14.9. The molecule has 0 atom stereocenters. The summed E-state index contributed by atoms with van der Waals surface area (Å²) in [6.07, 6.45) is 0. The number of carbonyl (C=O) groups excluding carboxylic acids is 1. The first-order valence-corrected chi connectivity index (χ1v) is 6.60. The van der Waals surface area contributed by atoms with Crippen molar-refractivity contribution in [3.05, 3.63) is 59.7 Å². The van der Waals surface area contributed by atoms with E-state index in [-0.39, 0.29) is 16.7 Å². The molecular formula is C14H7Cl3F2O. The van der Waals surface area contributed by atoms with Gasteiger partial charge in [-0.25, -0.2) is 8.78 Å². The maximum atomic E-state index is 13.8. The third-order valence-corrected chi connectivity index (χ3v) is 3.16. The molecule has 0 aliphatic heterocycles. The van der Waals surface area contributed by atoms with Crippen LogP contribution in [-0.4, -0.2) is 9.58 Å². The molecule has 0 unspecified atom stereocenters. The first kappa shape index (κ1) is 15.2. The first-order chi connectivity index (χ1) is 9.30. The van der Waals surface area contributed by atoms with E-state index < -0.39 is 21.2 Å². The molecule has 0 heterocycles. The third-order valence-electron chi connectivity index (χ3n) is 2.65. The van der Waals surface area contributed by atoms with Crippen LogP contribution >= 0.6 is 34.8 Å². The summed E-state index contributed by atoms with van der Waals surface area (Å²) in [6.45, 7) is 0. The minimum absolute atomic E-state index is 0.0111. The van der Waals surface area contributed by atoms with E-state index in [0.29, 0.717) is 0 Å². The van der Waals surface area contributed by atoms with Crippen LogP contribution in [0.15, 0.2) is 42.5 Å². The van der Waals surface area contributed by atoms with E-state index in [1.165, 1.54) is 12.1 Å². The van der Waals surface area contributed by atoms with Gasteiger partial charge in [-0.2, -0.15) is 0 Å². The van der Waals surface area contributed by atoms with Gasteiger partial charge in [-0.15, -0.1) is 0 Å². The van der Waals surface area contributed by atoms with Gasteiger partial charge in [0.25, 0.3) is 3.79 Å². The third kappa shape index (κ3) is 3.11. The summed E-state index contributed by atoms with van der Waals surface area (Å²) in [6, 6.07) is 8.92. The molecule has 0 saturated heterocycles. The zero-order valence-electron chi connectivity index (χ0n) is 9.84. The Morgan fingerprint density at radius 1 is 0.950 bits per heavy atom. The van der Waals surface area contributed by atoms with E-state index in [1.54, 1.807) is 12.1 Å². The van der Waals surface area contributed by atoms with Crippen LogP contribution in [0, 0.1) is 11.6 Å². The highest BCUT2D eigenvalue weighted by Crippen LogP contribution is 2.35. The van der Waals surface area contributed by atoms with Crippen molar-refractivity contribution in [2.24, 2.45) is 0 Å². The normalized spacial score (nSPS) is 11.4. The average Bonchev–Trinajstić information content (AvgIpc) is 2.40. The number of hydrogen-bond donors (Lipinski definition) is 0. The summed E-state index contributed by atoms with van der Waals surface area (Å²) >= 11 is 16.7. The van der Waals surface area contributed by atoms with Crippen molar-refractivity contribution < 1.29 is 13.6 Å². The summed E-state index contributed by atoms with van der Waals surface area (Å²) in [5.74, 6) is -2.10. The maximum absolute atomic E-state index is 13.8. The van der Waals surface area contributed by atoms with E-state index in [0.717, 1.165) is 18.2 Å². The number of alkyl halides is 3. The summed E-state index contributed by atoms with van der Waals surface area (Å²) in [5, 5.41) is 0. The van der Waals surface area contributed by atoms with Crippen LogP contribution in [0.3, 0.4) is 0 Å². The Morgan fingerprint density at radius 3 is 2.25 bits per heavy atom. The fourth-order valence-corrected chi connectivity index (χ4v) is 2.08.